The summed E-state index contributed by atoms with van der Waals surface area (Å²) in [6, 6.07) is 34.6. The zero-order valence-corrected chi connectivity index (χ0v) is 24.9. The molecule has 0 nitrogen and oxygen atoms in total. The summed E-state index contributed by atoms with van der Waals surface area (Å²) in [7, 11) is 0. The first kappa shape index (κ1) is 31.9. The van der Waals surface area contributed by atoms with E-state index in [0.717, 1.165) is 50.7 Å². The van der Waals surface area contributed by atoms with Crippen LogP contribution >= 0.6 is 23.5 Å². The highest BCUT2D eigenvalue weighted by Gasteiger charge is 2.30. The minimum absolute atomic E-state index is 0.130. The molecule has 0 aliphatic carbocycles. The summed E-state index contributed by atoms with van der Waals surface area (Å²) in [5, 5.41) is 0. The number of thioether (sulfide) groups is 2. The highest BCUT2D eigenvalue weighted by Crippen LogP contribution is 2.48. The second-order valence-electron chi connectivity index (χ2n) is 9.62. The number of alkyl halides is 6. The molecule has 0 spiro atoms. The van der Waals surface area contributed by atoms with Gasteiger partial charge in [0.15, 0.2) is 0 Å². The van der Waals surface area contributed by atoms with E-state index in [1.54, 1.807) is 23.5 Å². The normalized spacial score (nSPS) is 11.4. The van der Waals surface area contributed by atoms with Crippen LogP contribution in [0.2, 0.25) is 0 Å². The maximum Gasteiger partial charge on any atom is 0.416 e. The molecule has 224 valence electrons. The summed E-state index contributed by atoms with van der Waals surface area (Å²) in [6.07, 6.45) is -8.82. The molecule has 0 saturated heterocycles. The summed E-state index contributed by atoms with van der Waals surface area (Å²) in [5.74, 6) is 12.2. The smallest absolute Gasteiger partial charge is 0.166 e. The van der Waals surface area contributed by atoms with E-state index in [1.807, 2.05) is 78.9 Å². The largest absolute Gasteiger partial charge is 0.416 e. The molecule has 0 atom stereocenters. The van der Waals surface area contributed by atoms with Crippen LogP contribution in [0.15, 0.2) is 137 Å². The van der Waals surface area contributed by atoms with Crippen LogP contribution in [0, 0.1) is 23.7 Å². The minimum Gasteiger partial charge on any atom is -0.166 e. The first-order valence-corrected chi connectivity index (χ1v) is 15.3. The summed E-state index contributed by atoms with van der Waals surface area (Å²) in [5.41, 5.74) is 2.00. The van der Waals surface area contributed by atoms with Gasteiger partial charge in [-0.15, -0.1) is 23.5 Å². The molecule has 0 aliphatic heterocycles. The molecule has 5 rings (SSSR count). The highest BCUT2D eigenvalue weighted by atomic mass is 32.2. The van der Waals surface area contributed by atoms with Crippen LogP contribution in [0.25, 0.3) is 0 Å². The first-order chi connectivity index (χ1) is 21.6. The molecule has 8 heteroatoms. The van der Waals surface area contributed by atoms with Crippen LogP contribution in [0.5, 0.6) is 0 Å². The van der Waals surface area contributed by atoms with Crippen molar-refractivity contribution in [2.45, 2.75) is 26.7 Å². The van der Waals surface area contributed by atoms with E-state index >= 15 is 0 Å². The van der Waals surface area contributed by atoms with Crippen molar-refractivity contribution in [2.24, 2.45) is 0 Å². The number of halogens is 6. The Hall–Kier alpha value is -4.50. The molecule has 0 radical (unpaired) electrons. The van der Waals surface area contributed by atoms with Gasteiger partial charge >= 0.3 is 12.4 Å². The molecule has 0 bridgehead atoms. The Kier molecular flexibility index (Phi) is 9.98. The van der Waals surface area contributed by atoms with E-state index in [4.69, 9.17) is 0 Å². The van der Waals surface area contributed by atoms with E-state index in [0.29, 0.717) is 11.1 Å². The first-order valence-electron chi connectivity index (χ1n) is 13.5. The maximum atomic E-state index is 13.0. The molecule has 0 saturated carbocycles. The lowest BCUT2D eigenvalue weighted by Crippen LogP contribution is -2.04. The zero-order chi connectivity index (χ0) is 31.9. The third kappa shape index (κ3) is 8.79. The molecule has 5 aromatic carbocycles. The Labute approximate surface area is 265 Å². The van der Waals surface area contributed by atoms with Gasteiger partial charge in [-0.3, -0.25) is 0 Å². The van der Waals surface area contributed by atoms with Gasteiger partial charge < -0.3 is 0 Å². The lowest BCUT2D eigenvalue weighted by atomic mass is 10.1. The average Bonchev–Trinajstić information content (AvgIpc) is 3.03. The average molecular weight is 645 g/mol. The number of hydrogen-bond acceptors (Lipinski definition) is 2. The molecule has 0 heterocycles. The number of benzene rings is 5. The third-order valence-corrected chi connectivity index (χ3v) is 9.19. The van der Waals surface area contributed by atoms with Crippen molar-refractivity contribution in [3.8, 4) is 23.7 Å². The molecule has 0 amide bonds. The zero-order valence-electron chi connectivity index (χ0n) is 23.3. The van der Waals surface area contributed by atoms with Gasteiger partial charge in [-0.05, 0) is 78.4 Å². The fourth-order valence-electron chi connectivity index (χ4n) is 4.11. The van der Waals surface area contributed by atoms with Gasteiger partial charge in [0.1, 0.15) is 0 Å². The van der Waals surface area contributed by atoms with Crippen LogP contribution < -0.4 is 0 Å². The van der Waals surface area contributed by atoms with Gasteiger partial charge in [-0.2, -0.15) is 26.3 Å². The van der Waals surface area contributed by atoms with Crippen LogP contribution in [0.1, 0.15) is 43.5 Å². The lowest BCUT2D eigenvalue weighted by Gasteiger charge is -2.18. The number of hydrogen-bond donors (Lipinski definition) is 0. The third-order valence-electron chi connectivity index (χ3n) is 6.42. The summed E-state index contributed by atoms with van der Waals surface area (Å²) in [6.45, 7) is 0. The summed E-state index contributed by atoms with van der Waals surface area (Å²) >= 11 is 3.18. The van der Waals surface area contributed by atoms with Crippen LogP contribution in [0.4, 0.5) is 26.3 Å². The molecule has 45 heavy (non-hydrogen) atoms. The topological polar surface area (TPSA) is 0 Å². The van der Waals surface area contributed by atoms with Crippen LogP contribution in [-0.2, 0) is 12.4 Å². The number of rotatable bonds is 5. The predicted molar refractivity (Wildman–Crippen MR) is 169 cm³/mol. The summed E-state index contributed by atoms with van der Waals surface area (Å²) < 4.78 is 77.6. The van der Waals surface area contributed by atoms with Gasteiger partial charge in [-0.1, -0.05) is 78.3 Å². The second-order valence-corrected chi connectivity index (χ2v) is 12.2. The lowest BCUT2D eigenvalue weighted by molar-refractivity contribution is -0.138. The van der Waals surface area contributed by atoms with E-state index in [2.05, 4.69) is 23.7 Å². The second kappa shape index (κ2) is 14.1. The molecule has 0 aromatic heterocycles. The van der Waals surface area contributed by atoms with Crippen LogP contribution in [0.3, 0.4) is 0 Å². The Morgan fingerprint density at radius 1 is 0.422 bits per heavy atom. The van der Waals surface area contributed by atoms with Crippen LogP contribution in [-0.4, -0.2) is 0 Å². The molecular weight excluding hydrogens is 623 g/mol. The minimum atomic E-state index is -4.41. The summed E-state index contributed by atoms with van der Waals surface area (Å²) in [4.78, 5) is 1.79. The van der Waals surface area contributed by atoms with Gasteiger partial charge in [0.25, 0.3) is 0 Å². The predicted octanol–water partition coefficient (Wildman–Crippen LogP) is 11.1. The quantitative estimate of drug-likeness (QED) is 0.0808. The van der Waals surface area contributed by atoms with Gasteiger partial charge in [0.05, 0.1) is 15.7 Å². The fraction of sp³-hybridized carbons (Fsp3) is 0.0811. The fourth-order valence-corrected chi connectivity index (χ4v) is 6.78. The highest BCUT2D eigenvalue weighted by molar-refractivity contribution is 8.16. The van der Waals surface area contributed by atoms with Crippen molar-refractivity contribution >= 4 is 23.5 Å². The van der Waals surface area contributed by atoms with Crippen molar-refractivity contribution in [3.05, 3.63) is 166 Å². The SMILES string of the molecule is FC(F)(F)c1ccc(C#Cc2ccccc2SC(Sc2ccccc2C#Cc2ccc(C(F)(F)F)cc2)c2ccccc2)cc1. The van der Waals surface area contributed by atoms with E-state index in [1.165, 1.54) is 24.3 Å². The van der Waals surface area contributed by atoms with Crippen molar-refractivity contribution in [2.75, 3.05) is 0 Å². The standard InChI is InChI=1S/C37H22F6S2/c38-36(39,40)31-22-16-26(17-23-31)14-20-28-8-4-6-12-33(28)44-35(30-10-2-1-3-11-30)45-34-13-7-5-9-29(34)21-15-27-18-24-32(25-19-27)37(41,42)43/h1-13,16-19,22-25,35H. The van der Waals surface area contributed by atoms with Crippen molar-refractivity contribution < 1.29 is 26.3 Å². The molecule has 5 aromatic rings. The monoisotopic (exact) mass is 644 g/mol. The molecular formula is C37H22F6S2. The maximum absolute atomic E-state index is 13.0. The molecule has 0 aliphatic rings. The van der Waals surface area contributed by atoms with Gasteiger partial charge in [0.2, 0.25) is 0 Å². The van der Waals surface area contributed by atoms with E-state index in [-0.39, 0.29) is 4.58 Å². The molecule has 0 N–H and O–H groups in total. The molecule has 0 fully saturated rings. The Morgan fingerprint density at radius 3 is 1.20 bits per heavy atom. The van der Waals surface area contributed by atoms with Crippen molar-refractivity contribution in [1.29, 1.82) is 0 Å². The Morgan fingerprint density at radius 2 is 0.800 bits per heavy atom. The Bertz CT molecular complexity index is 1750. The van der Waals surface area contributed by atoms with Gasteiger partial charge in [0, 0.05) is 32.0 Å². The molecule has 0 unspecified atom stereocenters. The van der Waals surface area contributed by atoms with Crippen molar-refractivity contribution in [3.63, 3.8) is 0 Å². The van der Waals surface area contributed by atoms with E-state index < -0.39 is 23.5 Å². The van der Waals surface area contributed by atoms with E-state index in [9.17, 15) is 26.3 Å². The van der Waals surface area contributed by atoms with Crippen molar-refractivity contribution in [1.82, 2.24) is 0 Å². The Balaban J connectivity index is 1.42. The van der Waals surface area contributed by atoms with Gasteiger partial charge in [-0.25, -0.2) is 0 Å².